The lowest BCUT2D eigenvalue weighted by atomic mass is 10.2. The highest BCUT2D eigenvalue weighted by molar-refractivity contribution is 6.30. The van der Waals surface area contributed by atoms with Gasteiger partial charge in [-0.05, 0) is 36.8 Å². The highest BCUT2D eigenvalue weighted by Crippen LogP contribution is 2.21. The third-order valence-electron chi connectivity index (χ3n) is 3.55. The van der Waals surface area contributed by atoms with Gasteiger partial charge < -0.3 is 10.6 Å². The van der Waals surface area contributed by atoms with Gasteiger partial charge in [0.1, 0.15) is 0 Å². The van der Waals surface area contributed by atoms with Crippen LogP contribution < -0.4 is 10.6 Å². The lowest BCUT2D eigenvalue weighted by Gasteiger charge is -2.11. The molecule has 0 aliphatic heterocycles. The van der Waals surface area contributed by atoms with E-state index in [2.05, 4.69) is 15.6 Å². The predicted octanol–water partition coefficient (Wildman–Crippen LogP) is 4.25. The summed E-state index contributed by atoms with van der Waals surface area (Å²) < 4.78 is 0. The third kappa shape index (κ3) is 3.60. The summed E-state index contributed by atoms with van der Waals surface area (Å²) in [6, 6.07) is 15.1. The molecule has 116 valence electrons. The van der Waals surface area contributed by atoms with E-state index in [1.165, 1.54) is 0 Å². The minimum atomic E-state index is -0.137. The van der Waals surface area contributed by atoms with E-state index in [1.54, 1.807) is 6.20 Å². The molecule has 5 heteroatoms. The van der Waals surface area contributed by atoms with Crippen molar-refractivity contribution < 1.29 is 4.79 Å². The fourth-order valence-electron chi connectivity index (χ4n) is 2.36. The molecule has 4 nitrogen and oxygen atoms in total. The van der Waals surface area contributed by atoms with Crippen molar-refractivity contribution in [2.24, 2.45) is 0 Å². The van der Waals surface area contributed by atoms with E-state index in [1.807, 2.05) is 55.5 Å². The second kappa shape index (κ2) is 6.67. The van der Waals surface area contributed by atoms with E-state index in [9.17, 15) is 4.79 Å². The topological polar surface area (TPSA) is 54.0 Å². The number of carbonyl (C=O) groups is 1. The molecule has 0 fully saturated rings. The number of hydrogen-bond acceptors (Lipinski definition) is 3. The number of rotatable bonds is 4. The average Bonchev–Trinajstić information content (AvgIpc) is 2.56. The molecular formula is C18H16ClN3O. The summed E-state index contributed by atoms with van der Waals surface area (Å²) in [5.74, 6) is -0.137. The number of nitrogens with one attached hydrogen (secondary N) is 2. The second-order valence-electron chi connectivity index (χ2n) is 5.24. The van der Waals surface area contributed by atoms with E-state index in [0.717, 1.165) is 22.2 Å². The monoisotopic (exact) mass is 325 g/mol. The van der Waals surface area contributed by atoms with Gasteiger partial charge in [0.2, 0.25) is 5.91 Å². The van der Waals surface area contributed by atoms with Gasteiger partial charge in [-0.1, -0.05) is 35.9 Å². The Balaban J connectivity index is 1.70. The van der Waals surface area contributed by atoms with Crippen molar-refractivity contribution in [1.29, 1.82) is 0 Å². The van der Waals surface area contributed by atoms with E-state index in [-0.39, 0.29) is 12.5 Å². The molecule has 2 N–H and O–H groups in total. The zero-order valence-corrected chi connectivity index (χ0v) is 13.4. The molecule has 3 aromatic rings. The molecule has 0 spiro atoms. The number of nitrogens with zero attached hydrogens (tertiary/aromatic N) is 1. The molecule has 0 unspecified atom stereocenters. The van der Waals surface area contributed by atoms with E-state index >= 15 is 0 Å². The summed E-state index contributed by atoms with van der Waals surface area (Å²) in [6.07, 6.45) is 1.71. The number of anilines is 2. The van der Waals surface area contributed by atoms with Crippen LogP contribution in [0, 0.1) is 6.92 Å². The van der Waals surface area contributed by atoms with Crippen molar-refractivity contribution in [2.45, 2.75) is 6.92 Å². The SMILES string of the molecule is Cc1ccc(Cl)cc1NCC(=O)Nc1cccc2cccnc12. The third-order valence-corrected chi connectivity index (χ3v) is 3.78. The standard InChI is InChI=1S/C18H16ClN3O/c1-12-7-8-14(19)10-16(12)21-11-17(23)22-15-6-2-4-13-5-3-9-20-18(13)15/h2-10,21H,11H2,1H3,(H,22,23). The zero-order chi connectivity index (χ0) is 16.2. The first-order valence-electron chi connectivity index (χ1n) is 7.27. The van der Waals surface area contributed by atoms with Crippen LogP contribution in [0.4, 0.5) is 11.4 Å². The van der Waals surface area contributed by atoms with Gasteiger partial charge in [-0.15, -0.1) is 0 Å². The quantitative estimate of drug-likeness (QED) is 0.754. The molecule has 0 saturated heterocycles. The second-order valence-corrected chi connectivity index (χ2v) is 5.68. The van der Waals surface area contributed by atoms with Crippen LogP contribution in [0.3, 0.4) is 0 Å². The summed E-state index contributed by atoms with van der Waals surface area (Å²) in [6.45, 7) is 2.12. The number of pyridine rings is 1. The predicted molar refractivity (Wildman–Crippen MR) is 95.1 cm³/mol. The van der Waals surface area contributed by atoms with E-state index in [0.29, 0.717) is 10.7 Å². The summed E-state index contributed by atoms with van der Waals surface area (Å²) in [5.41, 5.74) is 3.37. The minimum absolute atomic E-state index is 0.137. The van der Waals surface area contributed by atoms with Gasteiger partial charge in [0.05, 0.1) is 17.7 Å². The lowest BCUT2D eigenvalue weighted by molar-refractivity contribution is -0.114. The summed E-state index contributed by atoms with van der Waals surface area (Å²) in [7, 11) is 0. The van der Waals surface area contributed by atoms with Crippen molar-refractivity contribution >= 4 is 39.8 Å². The van der Waals surface area contributed by atoms with Crippen LogP contribution in [-0.2, 0) is 4.79 Å². The average molecular weight is 326 g/mol. The molecule has 0 aliphatic carbocycles. The molecule has 1 amide bonds. The minimum Gasteiger partial charge on any atom is -0.376 e. The summed E-state index contributed by atoms with van der Waals surface area (Å²) in [4.78, 5) is 16.5. The number of halogens is 1. The zero-order valence-electron chi connectivity index (χ0n) is 12.6. The molecule has 3 rings (SSSR count). The highest BCUT2D eigenvalue weighted by Gasteiger charge is 2.07. The maximum absolute atomic E-state index is 12.2. The maximum atomic E-state index is 12.2. The highest BCUT2D eigenvalue weighted by atomic mass is 35.5. The first kappa shape index (κ1) is 15.3. The number of carbonyl (C=O) groups excluding carboxylic acids is 1. The fraction of sp³-hybridized carbons (Fsp3) is 0.111. The Morgan fingerprint density at radius 1 is 1.13 bits per heavy atom. The van der Waals surface area contributed by atoms with Gasteiger partial charge in [-0.3, -0.25) is 9.78 Å². The molecule has 0 bridgehead atoms. The molecule has 0 radical (unpaired) electrons. The van der Waals surface area contributed by atoms with Crippen LogP contribution in [0.25, 0.3) is 10.9 Å². The van der Waals surface area contributed by atoms with Gasteiger partial charge in [-0.2, -0.15) is 0 Å². The Hall–Kier alpha value is -2.59. The number of benzene rings is 2. The molecule has 1 aromatic heterocycles. The van der Waals surface area contributed by atoms with Crippen LogP contribution in [0.2, 0.25) is 5.02 Å². The van der Waals surface area contributed by atoms with Crippen molar-refractivity contribution in [3.05, 3.63) is 65.3 Å². The number of fused-ring (bicyclic) bond motifs is 1. The molecule has 1 heterocycles. The van der Waals surface area contributed by atoms with Crippen molar-refractivity contribution in [3.63, 3.8) is 0 Å². The van der Waals surface area contributed by atoms with E-state index < -0.39 is 0 Å². The summed E-state index contributed by atoms with van der Waals surface area (Å²) >= 11 is 5.98. The first-order chi connectivity index (χ1) is 11.1. The molecular weight excluding hydrogens is 310 g/mol. The maximum Gasteiger partial charge on any atom is 0.243 e. The smallest absolute Gasteiger partial charge is 0.243 e. The number of aryl methyl sites for hydroxylation is 1. The Morgan fingerprint density at radius 3 is 2.83 bits per heavy atom. The van der Waals surface area contributed by atoms with Crippen molar-refractivity contribution in [2.75, 3.05) is 17.2 Å². The Kier molecular flexibility index (Phi) is 4.44. The lowest BCUT2D eigenvalue weighted by Crippen LogP contribution is -2.22. The Labute approximate surface area is 139 Å². The fourth-order valence-corrected chi connectivity index (χ4v) is 2.53. The van der Waals surface area contributed by atoms with Gasteiger partial charge in [-0.25, -0.2) is 0 Å². The first-order valence-corrected chi connectivity index (χ1v) is 7.65. The molecule has 0 aliphatic rings. The van der Waals surface area contributed by atoms with Gasteiger partial charge >= 0.3 is 0 Å². The van der Waals surface area contributed by atoms with Crippen LogP contribution in [0.1, 0.15) is 5.56 Å². The largest absolute Gasteiger partial charge is 0.376 e. The van der Waals surface area contributed by atoms with Gasteiger partial charge in [0.25, 0.3) is 0 Å². The molecule has 0 saturated carbocycles. The van der Waals surface area contributed by atoms with Crippen LogP contribution in [0.15, 0.2) is 54.7 Å². The molecule has 0 atom stereocenters. The Morgan fingerprint density at radius 2 is 1.96 bits per heavy atom. The van der Waals surface area contributed by atoms with Crippen LogP contribution in [0.5, 0.6) is 0 Å². The number of para-hydroxylation sites is 1. The van der Waals surface area contributed by atoms with Gasteiger partial charge in [0.15, 0.2) is 0 Å². The molecule has 23 heavy (non-hydrogen) atoms. The number of hydrogen-bond donors (Lipinski definition) is 2. The summed E-state index contributed by atoms with van der Waals surface area (Å²) in [5, 5.41) is 7.62. The van der Waals surface area contributed by atoms with Crippen molar-refractivity contribution in [3.8, 4) is 0 Å². The van der Waals surface area contributed by atoms with Crippen LogP contribution >= 0.6 is 11.6 Å². The molecule has 2 aromatic carbocycles. The number of aromatic nitrogens is 1. The normalized spacial score (nSPS) is 10.5. The van der Waals surface area contributed by atoms with Gasteiger partial charge in [0, 0.05) is 22.3 Å². The van der Waals surface area contributed by atoms with E-state index in [4.69, 9.17) is 11.6 Å². The van der Waals surface area contributed by atoms with Crippen molar-refractivity contribution in [1.82, 2.24) is 4.98 Å². The van der Waals surface area contributed by atoms with Crippen LogP contribution in [-0.4, -0.2) is 17.4 Å². The Bertz CT molecular complexity index is 859. The number of amides is 1.